The van der Waals surface area contributed by atoms with Crippen LogP contribution in [0, 0.1) is 0 Å². The van der Waals surface area contributed by atoms with Crippen molar-refractivity contribution in [2.75, 3.05) is 18.7 Å². The van der Waals surface area contributed by atoms with Crippen molar-refractivity contribution >= 4 is 17.4 Å². The second-order valence-electron chi connectivity index (χ2n) is 6.02. The summed E-state index contributed by atoms with van der Waals surface area (Å²) in [5, 5.41) is -0.594. The Bertz CT molecular complexity index is 802. The van der Waals surface area contributed by atoms with Gasteiger partial charge >= 0.3 is 7.60 Å². The lowest BCUT2D eigenvalue weighted by Crippen LogP contribution is -2.31. The van der Waals surface area contributed by atoms with E-state index in [1.807, 2.05) is 0 Å². The Kier molecular flexibility index (Phi) is 6.01. The Balaban J connectivity index is 1.85. The number of para-hydroxylation sites is 2. The van der Waals surface area contributed by atoms with E-state index < -0.39 is 28.2 Å². The second kappa shape index (κ2) is 8.25. The van der Waals surface area contributed by atoms with Crippen molar-refractivity contribution in [3.63, 3.8) is 0 Å². The molecule has 0 atom stereocenters. The molecule has 26 heavy (non-hydrogen) atoms. The monoisotopic (exact) mass is 396 g/mol. The van der Waals surface area contributed by atoms with Gasteiger partial charge in [0.1, 0.15) is 11.5 Å². The SMILES string of the molecule is O=P(CS(=O)(=O)C1CCOCC1)(Oc1ccccc1)Oc1ccccc1. The van der Waals surface area contributed by atoms with Crippen molar-refractivity contribution < 1.29 is 26.8 Å². The highest BCUT2D eigenvalue weighted by Gasteiger charge is 2.40. The van der Waals surface area contributed by atoms with Crippen LogP contribution in [-0.4, -0.2) is 32.4 Å². The first-order chi connectivity index (χ1) is 12.5. The van der Waals surface area contributed by atoms with Crippen molar-refractivity contribution in [3.05, 3.63) is 60.7 Å². The van der Waals surface area contributed by atoms with E-state index in [0.29, 0.717) is 37.6 Å². The summed E-state index contributed by atoms with van der Waals surface area (Å²) in [6, 6.07) is 16.9. The van der Waals surface area contributed by atoms with Gasteiger partial charge in [-0.25, -0.2) is 13.0 Å². The Morgan fingerprint density at radius 2 is 1.35 bits per heavy atom. The molecule has 0 amide bonds. The zero-order valence-corrected chi connectivity index (χ0v) is 15.9. The van der Waals surface area contributed by atoms with Crippen molar-refractivity contribution in [2.24, 2.45) is 0 Å². The Labute approximate surface area is 153 Å². The predicted octanol–water partition coefficient (Wildman–Crippen LogP) is 3.89. The molecular formula is C18H21O6PS. The van der Waals surface area contributed by atoms with Gasteiger partial charge in [-0.1, -0.05) is 36.4 Å². The van der Waals surface area contributed by atoms with Crippen LogP contribution in [0.3, 0.4) is 0 Å². The molecule has 0 saturated carbocycles. The second-order valence-corrected chi connectivity index (χ2v) is 10.6. The Morgan fingerprint density at radius 3 is 1.81 bits per heavy atom. The lowest BCUT2D eigenvalue weighted by atomic mass is 10.2. The highest BCUT2D eigenvalue weighted by molar-refractivity contribution is 7.98. The van der Waals surface area contributed by atoms with E-state index >= 15 is 0 Å². The molecule has 0 unspecified atom stereocenters. The molecule has 1 aliphatic rings. The molecule has 0 spiro atoms. The molecule has 1 fully saturated rings. The van der Waals surface area contributed by atoms with Gasteiger partial charge < -0.3 is 13.8 Å². The van der Waals surface area contributed by atoms with Crippen LogP contribution < -0.4 is 9.05 Å². The summed E-state index contributed by atoms with van der Waals surface area (Å²) in [7, 11) is -7.65. The minimum atomic E-state index is -3.98. The van der Waals surface area contributed by atoms with Crippen LogP contribution >= 0.6 is 7.60 Å². The van der Waals surface area contributed by atoms with E-state index in [9.17, 15) is 13.0 Å². The van der Waals surface area contributed by atoms with Gasteiger partial charge in [-0.05, 0) is 37.1 Å². The molecule has 0 N–H and O–H groups in total. The highest BCUT2D eigenvalue weighted by Crippen LogP contribution is 2.50. The number of benzene rings is 2. The third kappa shape index (κ3) is 5.10. The van der Waals surface area contributed by atoms with Gasteiger partial charge in [-0.15, -0.1) is 0 Å². The standard InChI is InChI=1S/C18H21O6PS/c19-25(23-16-7-3-1-4-8-16,24-17-9-5-2-6-10-17)15-26(20,21)18-11-13-22-14-12-18/h1-10,18H,11-15H2. The maximum absolute atomic E-state index is 13.4. The van der Waals surface area contributed by atoms with Gasteiger partial charge in [0.2, 0.25) is 0 Å². The summed E-state index contributed by atoms with van der Waals surface area (Å²) in [6.07, 6.45) is 0.776. The van der Waals surface area contributed by atoms with Crippen LogP contribution in [0.4, 0.5) is 0 Å². The first-order valence-electron chi connectivity index (χ1n) is 8.35. The number of hydrogen-bond donors (Lipinski definition) is 0. The topological polar surface area (TPSA) is 78.9 Å². The van der Waals surface area contributed by atoms with Gasteiger partial charge in [0, 0.05) is 13.2 Å². The number of hydrogen-bond acceptors (Lipinski definition) is 6. The molecule has 0 aliphatic carbocycles. The quantitative estimate of drug-likeness (QED) is 0.661. The first-order valence-corrected chi connectivity index (χ1v) is 11.8. The molecule has 1 saturated heterocycles. The highest BCUT2D eigenvalue weighted by atomic mass is 32.2. The molecule has 140 valence electrons. The van der Waals surface area contributed by atoms with E-state index in [2.05, 4.69) is 0 Å². The van der Waals surface area contributed by atoms with Crippen LogP contribution in [0.15, 0.2) is 60.7 Å². The Morgan fingerprint density at radius 1 is 0.885 bits per heavy atom. The maximum Gasteiger partial charge on any atom is 0.445 e. The molecule has 0 aromatic heterocycles. The van der Waals surface area contributed by atoms with Crippen molar-refractivity contribution in [1.82, 2.24) is 0 Å². The third-order valence-corrected chi connectivity index (χ3v) is 9.16. The van der Waals surface area contributed by atoms with Gasteiger partial charge in [0.15, 0.2) is 15.3 Å². The van der Waals surface area contributed by atoms with E-state index in [4.69, 9.17) is 13.8 Å². The zero-order valence-electron chi connectivity index (χ0n) is 14.2. The number of sulfone groups is 1. The molecular weight excluding hydrogens is 375 g/mol. The molecule has 1 heterocycles. The Hall–Kier alpha value is -1.82. The molecule has 6 nitrogen and oxygen atoms in total. The van der Waals surface area contributed by atoms with E-state index in [0.717, 1.165) is 0 Å². The van der Waals surface area contributed by atoms with Crippen LogP contribution in [-0.2, 0) is 19.1 Å². The van der Waals surface area contributed by atoms with Gasteiger partial charge in [-0.3, -0.25) is 0 Å². The van der Waals surface area contributed by atoms with E-state index in [1.54, 1.807) is 60.7 Å². The van der Waals surface area contributed by atoms with Crippen molar-refractivity contribution in [3.8, 4) is 11.5 Å². The molecule has 2 aromatic carbocycles. The summed E-state index contributed by atoms with van der Waals surface area (Å²) >= 11 is 0. The molecule has 3 rings (SSSR count). The van der Waals surface area contributed by atoms with E-state index in [-0.39, 0.29) is 0 Å². The largest absolute Gasteiger partial charge is 0.445 e. The minimum Gasteiger partial charge on any atom is -0.415 e. The van der Waals surface area contributed by atoms with Crippen molar-refractivity contribution in [2.45, 2.75) is 18.1 Å². The average Bonchev–Trinajstić information content (AvgIpc) is 2.63. The fourth-order valence-corrected chi connectivity index (χ4v) is 7.58. The smallest absolute Gasteiger partial charge is 0.415 e. The van der Waals surface area contributed by atoms with Gasteiger partial charge in [-0.2, -0.15) is 0 Å². The first kappa shape index (κ1) is 19.0. The van der Waals surface area contributed by atoms with Crippen LogP contribution in [0.25, 0.3) is 0 Å². The minimum absolute atomic E-state index is 0.300. The maximum atomic E-state index is 13.4. The van der Waals surface area contributed by atoms with Crippen LogP contribution in [0.2, 0.25) is 0 Å². The zero-order chi connectivity index (χ0) is 18.5. The fraction of sp³-hybridized carbons (Fsp3) is 0.333. The van der Waals surface area contributed by atoms with Crippen molar-refractivity contribution in [1.29, 1.82) is 0 Å². The van der Waals surface area contributed by atoms with E-state index in [1.165, 1.54) is 0 Å². The summed E-state index contributed by atoms with van der Waals surface area (Å²) in [5.74, 6) is 0.600. The van der Waals surface area contributed by atoms with Crippen LogP contribution in [0.5, 0.6) is 11.5 Å². The summed E-state index contributed by atoms with van der Waals surface area (Å²) < 4.78 is 55.3. The summed E-state index contributed by atoms with van der Waals surface area (Å²) in [6.45, 7) is 0.764. The van der Waals surface area contributed by atoms with Gasteiger partial charge in [0.25, 0.3) is 0 Å². The average molecular weight is 396 g/mol. The molecule has 2 aromatic rings. The van der Waals surface area contributed by atoms with Gasteiger partial charge in [0.05, 0.1) is 5.25 Å². The molecule has 1 aliphatic heterocycles. The molecule has 0 radical (unpaired) electrons. The lowest BCUT2D eigenvalue weighted by molar-refractivity contribution is 0.0984. The third-order valence-electron chi connectivity index (χ3n) is 3.99. The predicted molar refractivity (Wildman–Crippen MR) is 99.4 cm³/mol. The summed E-state index contributed by atoms with van der Waals surface area (Å²) in [5.41, 5.74) is -0.672. The molecule has 8 heteroatoms. The summed E-state index contributed by atoms with van der Waals surface area (Å²) in [4.78, 5) is 0. The lowest BCUT2D eigenvalue weighted by Gasteiger charge is -2.25. The molecule has 0 bridgehead atoms. The number of rotatable bonds is 7. The van der Waals surface area contributed by atoms with Crippen LogP contribution in [0.1, 0.15) is 12.8 Å². The normalized spacial score (nSPS) is 16.2. The fourth-order valence-electron chi connectivity index (χ4n) is 2.72. The number of ether oxygens (including phenoxy) is 1.